The van der Waals surface area contributed by atoms with Gasteiger partial charge in [0.2, 0.25) is 0 Å². The number of hydrogen-bond donors (Lipinski definition) is 2. The third kappa shape index (κ3) is 9.99. The first-order valence-electron chi connectivity index (χ1n) is 6.84. The third-order valence-corrected chi connectivity index (χ3v) is 3.12. The minimum Gasteiger partial charge on any atom is -0.492 e. The van der Waals surface area contributed by atoms with Crippen LogP contribution in [0.5, 0.6) is 5.75 Å². The van der Waals surface area contributed by atoms with E-state index in [-0.39, 0.29) is 0 Å². The number of benzene rings is 1. The number of carboxylic acid groups (broad SMARTS) is 2. The predicted octanol–water partition coefficient (Wildman–Crippen LogP) is 3.18. The third-order valence-electron chi connectivity index (χ3n) is 2.62. The maximum Gasteiger partial charge on any atom is 0.414 e. The lowest BCUT2D eigenvalue weighted by molar-refractivity contribution is -0.159. The molecule has 2 N–H and O–H groups in total. The van der Waals surface area contributed by atoms with Crippen LogP contribution in [0.2, 0.25) is 10.0 Å². The van der Waals surface area contributed by atoms with E-state index in [4.69, 9.17) is 47.7 Å². The van der Waals surface area contributed by atoms with Gasteiger partial charge in [0.15, 0.2) is 0 Å². The molecule has 1 rings (SSSR count). The standard InChI is InChI=1S/C13H19Cl2NO.C2H2O4/c1-10-8-11(14)9-12(15)13(10)17-7-5-4-6-16(2)3;3-1(4)2(5)6/h8-9H,4-7H2,1-3H3;(H,3,4)(H,5,6). The minimum absolute atomic E-state index is 0.586. The summed E-state index contributed by atoms with van der Waals surface area (Å²) in [6.45, 7) is 3.72. The average molecular weight is 366 g/mol. The van der Waals surface area contributed by atoms with E-state index in [1.54, 1.807) is 6.07 Å². The normalized spacial score (nSPS) is 10.0. The van der Waals surface area contributed by atoms with E-state index >= 15 is 0 Å². The van der Waals surface area contributed by atoms with Crippen LogP contribution in [0.4, 0.5) is 0 Å². The average Bonchev–Trinajstić information content (AvgIpc) is 2.41. The molecule has 0 unspecified atom stereocenters. The van der Waals surface area contributed by atoms with Crippen LogP contribution in [0, 0.1) is 6.92 Å². The van der Waals surface area contributed by atoms with Crippen molar-refractivity contribution in [3.63, 3.8) is 0 Å². The molecule has 130 valence electrons. The van der Waals surface area contributed by atoms with Crippen molar-refractivity contribution in [1.82, 2.24) is 4.90 Å². The van der Waals surface area contributed by atoms with Gasteiger partial charge in [-0.1, -0.05) is 23.2 Å². The first-order chi connectivity index (χ1) is 10.6. The number of nitrogens with zero attached hydrogens (tertiary/aromatic N) is 1. The van der Waals surface area contributed by atoms with Crippen molar-refractivity contribution in [2.75, 3.05) is 27.2 Å². The molecule has 0 radical (unpaired) electrons. The zero-order valence-corrected chi connectivity index (χ0v) is 14.8. The number of aryl methyl sites for hydroxylation is 1. The summed E-state index contributed by atoms with van der Waals surface area (Å²) in [5.41, 5.74) is 0.982. The fraction of sp³-hybridized carbons (Fsp3) is 0.467. The molecule has 0 aliphatic rings. The second-order valence-electron chi connectivity index (χ2n) is 5.00. The number of halogens is 2. The van der Waals surface area contributed by atoms with Gasteiger partial charge in [-0.15, -0.1) is 0 Å². The molecule has 8 heteroatoms. The molecule has 1 aromatic carbocycles. The van der Waals surface area contributed by atoms with E-state index in [1.165, 1.54) is 0 Å². The van der Waals surface area contributed by atoms with Crippen molar-refractivity contribution in [1.29, 1.82) is 0 Å². The Morgan fingerprint density at radius 2 is 1.70 bits per heavy atom. The number of carboxylic acids is 2. The second kappa shape index (κ2) is 11.1. The summed E-state index contributed by atoms with van der Waals surface area (Å²) in [5.74, 6) is -2.90. The summed E-state index contributed by atoms with van der Waals surface area (Å²) in [4.78, 5) is 20.4. The Balaban J connectivity index is 0.000000688. The molecule has 0 bridgehead atoms. The highest BCUT2D eigenvalue weighted by atomic mass is 35.5. The Kier molecular flexibility index (Phi) is 10.4. The smallest absolute Gasteiger partial charge is 0.414 e. The van der Waals surface area contributed by atoms with Gasteiger partial charge < -0.3 is 19.8 Å². The molecule has 0 aromatic heterocycles. The quantitative estimate of drug-likeness (QED) is 0.594. The van der Waals surface area contributed by atoms with Gasteiger partial charge in [0.25, 0.3) is 0 Å². The van der Waals surface area contributed by atoms with Gasteiger partial charge in [-0.2, -0.15) is 0 Å². The van der Waals surface area contributed by atoms with E-state index in [1.807, 2.05) is 13.0 Å². The molecule has 23 heavy (non-hydrogen) atoms. The highest BCUT2D eigenvalue weighted by Gasteiger charge is 2.07. The number of unbranched alkanes of at least 4 members (excludes halogenated alkanes) is 1. The Morgan fingerprint density at radius 3 is 2.13 bits per heavy atom. The predicted molar refractivity (Wildman–Crippen MR) is 89.8 cm³/mol. The zero-order valence-electron chi connectivity index (χ0n) is 13.3. The topological polar surface area (TPSA) is 87.1 Å². The number of rotatable bonds is 6. The fourth-order valence-electron chi connectivity index (χ4n) is 1.58. The highest BCUT2D eigenvalue weighted by Crippen LogP contribution is 2.31. The largest absolute Gasteiger partial charge is 0.492 e. The van der Waals surface area contributed by atoms with Crippen molar-refractivity contribution in [3.05, 3.63) is 27.7 Å². The highest BCUT2D eigenvalue weighted by molar-refractivity contribution is 6.35. The van der Waals surface area contributed by atoms with Gasteiger partial charge >= 0.3 is 11.9 Å². The van der Waals surface area contributed by atoms with Crippen LogP contribution < -0.4 is 4.74 Å². The van der Waals surface area contributed by atoms with Gasteiger partial charge in [-0.3, -0.25) is 0 Å². The van der Waals surface area contributed by atoms with Crippen molar-refractivity contribution in [3.8, 4) is 5.75 Å². The molecular weight excluding hydrogens is 345 g/mol. The van der Waals surface area contributed by atoms with Crippen molar-refractivity contribution >= 4 is 35.1 Å². The number of ether oxygens (including phenoxy) is 1. The summed E-state index contributed by atoms with van der Waals surface area (Å²) in [5, 5.41) is 16.0. The van der Waals surface area contributed by atoms with E-state index in [0.717, 1.165) is 30.7 Å². The molecule has 0 fully saturated rings. The van der Waals surface area contributed by atoms with Gasteiger partial charge in [-0.05, 0) is 58.1 Å². The SMILES string of the molecule is Cc1cc(Cl)cc(Cl)c1OCCCCN(C)C.O=C(O)C(=O)O. The summed E-state index contributed by atoms with van der Waals surface area (Å²) in [6, 6.07) is 3.58. The molecule has 0 aliphatic carbocycles. The summed E-state index contributed by atoms with van der Waals surface area (Å²) in [6.07, 6.45) is 2.15. The van der Waals surface area contributed by atoms with Crippen molar-refractivity contribution in [2.24, 2.45) is 0 Å². The van der Waals surface area contributed by atoms with Crippen molar-refractivity contribution < 1.29 is 24.5 Å². The van der Waals surface area contributed by atoms with Crippen LogP contribution in [-0.2, 0) is 9.59 Å². The minimum atomic E-state index is -1.82. The Morgan fingerprint density at radius 1 is 1.13 bits per heavy atom. The summed E-state index contributed by atoms with van der Waals surface area (Å²) < 4.78 is 5.70. The van der Waals surface area contributed by atoms with E-state index < -0.39 is 11.9 Å². The second-order valence-corrected chi connectivity index (χ2v) is 5.85. The lowest BCUT2D eigenvalue weighted by Gasteiger charge is -2.12. The van der Waals surface area contributed by atoms with E-state index in [0.29, 0.717) is 16.7 Å². The van der Waals surface area contributed by atoms with Crippen LogP contribution in [0.1, 0.15) is 18.4 Å². The van der Waals surface area contributed by atoms with Crippen molar-refractivity contribution in [2.45, 2.75) is 19.8 Å². The first-order valence-corrected chi connectivity index (χ1v) is 7.60. The maximum absolute atomic E-state index is 9.10. The lowest BCUT2D eigenvalue weighted by Crippen LogP contribution is -2.13. The van der Waals surface area contributed by atoms with Crippen LogP contribution >= 0.6 is 23.2 Å². The fourth-order valence-corrected chi connectivity index (χ4v) is 2.23. The summed E-state index contributed by atoms with van der Waals surface area (Å²) in [7, 11) is 4.14. The lowest BCUT2D eigenvalue weighted by atomic mass is 10.2. The Labute approximate surface area is 145 Å². The molecule has 0 spiro atoms. The van der Waals surface area contributed by atoms with Gasteiger partial charge in [0, 0.05) is 5.02 Å². The van der Waals surface area contributed by atoms with E-state index in [9.17, 15) is 0 Å². The molecule has 0 saturated heterocycles. The molecule has 0 saturated carbocycles. The van der Waals surface area contributed by atoms with E-state index in [2.05, 4.69) is 19.0 Å². The van der Waals surface area contributed by atoms with Gasteiger partial charge in [0.05, 0.1) is 11.6 Å². The van der Waals surface area contributed by atoms with Crippen LogP contribution in [0.25, 0.3) is 0 Å². The molecule has 0 atom stereocenters. The molecular formula is C15H21Cl2NO5. The van der Waals surface area contributed by atoms with Crippen LogP contribution in [0.15, 0.2) is 12.1 Å². The maximum atomic E-state index is 9.10. The van der Waals surface area contributed by atoms with Gasteiger partial charge in [-0.25, -0.2) is 9.59 Å². The Hall–Kier alpha value is -1.50. The Bertz CT molecular complexity index is 500. The van der Waals surface area contributed by atoms with Gasteiger partial charge in [0.1, 0.15) is 5.75 Å². The number of carbonyl (C=O) groups is 2. The van der Waals surface area contributed by atoms with Crippen LogP contribution in [-0.4, -0.2) is 54.3 Å². The van der Waals surface area contributed by atoms with Crippen LogP contribution in [0.3, 0.4) is 0 Å². The first kappa shape index (κ1) is 21.5. The molecule has 0 amide bonds. The molecule has 0 heterocycles. The number of hydrogen-bond acceptors (Lipinski definition) is 4. The molecule has 0 aliphatic heterocycles. The summed E-state index contributed by atoms with van der Waals surface area (Å²) >= 11 is 12.0. The monoisotopic (exact) mass is 365 g/mol. The number of aliphatic carboxylic acids is 2. The zero-order chi connectivity index (χ0) is 18.0. The molecule has 6 nitrogen and oxygen atoms in total. The molecule has 1 aromatic rings.